The van der Waals surface area contributed by atoms with E-state index < -0.39 is 0 Å². The quantitative estimate of drug-likeness (QED) is 0.348. The molecule has 0 saturated heterocycles. The lowest BCUT2D eigenvalue weighted by Gasteiger charge is -2.18. The molecule has 36 heavy (non-hydrogen) atoms. The molecule has 0 fully saturated rings. The van der Waals surface area contributed by atoms with Gasteiger partial charge in [-0.05, 0) is 54.3 Å². The number of hydrogen-bond acceptors (Lipinski definition) is 6. The Morgan fingerprint density at radius 3 is 2.39 bits per heavy atom. The van der Waals surface area contributed by atoms with Gasteiger partial charge in [0.25, 0.3) is 11.5 Å². The number of aryl methyl sites for hydroxylation is 1. The van der Waals surface area contributed by atoms with E-state index in [4.69, 9.17) is 0 Å². The van der Waals surface area contributed by atoms with E-state index in [1.54, 1.807) is 29.2 Å². The maximum Gasteiger partial charge on any atom is 0.283 e. The molecular weight excluding hydrogens is 470 g/mol. The number of aromatic nitrogens is 3. The standard InChI is InChI=1S/C28H25N5O2S/c1-18(2)21-12-10-20(11-13-21)16-25-27(35)33(22-14-8-19(3)9-15-22)28(29-25)36-17-32-26(34)23-6-4-5-7-24(23)30-31-32/h4-16,18H,17H2,1-3H3/b25-16-. The number of anilines is 1. The zero-order chi connectivity index (χ0) is 25.2. The van der Waals surface area contributed by atoms with Crippen LogP contribution in [-0.2, 0) is 10.7 Å². The molecule has 7 nitrogen and oxygen atoms in total. The van der Waals surface area contributed by atoms with E-state index in [1.807, 2.05) is 49.4 Å². The molecule has 1 aliphatic heterocycles. The third-order valence-electron chi connectivity index (χ3n) is 5.97. The number of rotatable bonds is 5. The molecule has 0 saturated carbocycles. The van der Waals surface area contributed by atoms with Crippen molar-refractivity contribution in [3.8, 4) is 0 Å². The zero-order valence-electron chi connectivity index (χ0n) is 20.3. The summed E-state index contributed by atoms with van der Waals surface area (Å²) in [6.07, 6.45) is 1.79. The van der Waals surface area contributed by atoms with Crippen LogP contribution < -0.4 is 10.5 Å². The Morgan fingerprint density at radius 1 is 0.944 bits per heavy atom. The van der Waals surface area contributed by atoms with Crippen molar-refractivity contribution >= 4 is 45.5 Å². The number of amides is 1. The summed E-state index contributed by atoms with van der Waals surface area (Å²) >= 11 is 1.27. The highest BCUT2D eigenvalue weighted by Gasteiger charge is 2.32. The van der Waals surface area contributed by atoms with Crippen LogP contribution in [0, 0.1) is 6.92 Å². The number of hydrogen-bond donors (Lipinski definition) is 0. The minimum atomic E-state index is -0.235. The smallest absolute Gasteiger partial charge is 0.267 e. The summed E-state index contributed by atoms with van der Waals surface area (Å²) < 4.78 is 1.29. The molecule has 4 aromatic rings. The van der Waals surface area contributed by atoms with Gasteiger partial charge in [-0.3, -0.25) is 14.5 Å². The number of carbonyl (C=O) groups excluding carboxylic acids is 1. The van der Waals surface area contributed by atoms with Crippen LogP contribution >= 0.6 is 11.8 Å². The number of aliphatic imine (C=N–C) groups is 1. The lowest BCUT2D eigenvalue weighted by molar-refractivity contribution is -0.113. The number of benzene rings is 3. The van der Waals surface area contributed by atoms with Crippen LogP contribution in [0.15, 0.2) is 88.3 Å². The monoisotopic (exact) mass is 495 g/mol. The number of nitrogens with zero attached hydrogens (tertiary/aromatic N) is 5. The third-order valence-corrected chi connectivity index (χ3v) is 6.88. The first-order valence-electron chi connectivity index (χ1n) is 11.7. The first-order valence-corrected chi connectivity index (χ1v) is 12.7. The summed E-state index contributed by atoms with van der Waals surface area (Å²) in [4.78, 5) is 32.6. The van der Waals surface area contributed by atoms with Gasteiger partial charge in [0, 0.05) is 0 Å². The van der Waals surface area contributed by atoms with E-state index in [0.717, 1.165) is 11.1 Å². The molecule has 5 rings (SSSR count). The van der Waals surface area contributed by atoms with Crippen molar-refractivity contribution in [2.24, 2.45) is 4.99 Å². The highest BCUT2D eigenvalue weighted by Crippen LogP contribution is 2.30. The fourth-order valence-electron chi connectivity index (χ4n) is 3.88. The van der Waals surface area contributed by atoms with Gasteiger partial charge in [0.15, 0.2) is 5.17 Å². The molecule has 1 amide bonds. The Labute approximate surface area is 213 Å². The van der Waals surface area contributed by atoms with Gasteiger partial charge in [0.2, 0.25) is 0 Å². The van der Waals surface area contributed by atoms with Crippen molar-refractivity contribution in [1.29, 1.82) is 0 Å². The van der Waals surface area contributed by atoms with Crippen molar-refractivity contribution in [2.75, 3.05) is 4.90 Å². The summed E-state index contributed by atoms with van der Waals surface area (Å²) in [5, 5.41) is 9.19. The van der Waals surface area contributed by atoms with E-state index in [0.29, 0.717) is 33.4 Å². The first-order chi connectivity index (χ1) is 17.4. The van der Waals surface area contributed by atoms with Gasteiger partial charge in [-0.25, -0.2) is 4.99 Å². The molecule has 1 aliphatic rings. The summed E-state index contributed by atoms with van der Waals surface area (Å²) in [6.45, 7) is 6.29. The van der Waals surface area contributed by atoms with E-state index in [2.05, 4.69) is 41.3 Å². The van der Waals surface area contributed by atoms with Gasteiger partial charge < -0.3 is 0 Å². The van der Waals surface area contributed by atoms with Crippen molar-refractivity contribution in [3.63, 3.8) is 0 Å². The summed E-state index contributed by atoms with van der Waals surface area (Å²) in [5.41, 5.74) is 4.60. The maximum absolute atomic E-state index is 13.5. The molecule has 1 aromatic heterocycles. The van der Waals surface area contributed by atoms with Crippen LogP contribution in [0.2, 0.25) is 0 Å². The molecule has 0 bridgehead atoms. The Kier molecular flexibility index (Phi) is 6.52. The number of thioether (sulfide) groups is 1. The lowest BCUT2D eigenvalue weighted by Crippen LogP contribution is -2.31. The highest BCUT2D eigenvalue weighted by molar-refractivity contribution is 8.13. The van der Waals surface area contributed by atoms with Gasteiger partial charge >= 0.3 is 0 Å². The summed E-state index contributed by atoms with van der Waals surface area (Å²) in [5.74, 6) is 0.382. The number of amidine groups is 1. The third kappa shape index (κ3) is 4.72. The summed E-state index contributed by atoms with van der Waals surface area (Å²) in [6, 6.07) is 22.9. The molecular formula is C28H25N5O2S. The van der Waals surface area contributed by atoms with Gasteiger partial charge in [-0.15, -0.1) is 5.10 Å². The second-order valence-electron chi connectivity index (χ2n) is 8.91. The van der Waals surface area contributed by atoms with Crippen molar-refractivity contribution in [2.45, 2.75) is 32.6 Å². The average molecular weight is 496 g/mol. The minimum absolute atomic E-state index is 0.168. The topological polar surface area (TPSA) is 80.5 Å². The van der Waals surface area contributed by atoms with Gasteiger partial charge in [0.1, 0.15) is 11.2 Å². The normalized spacial score (nSPS) is 14.8. The van der Waals surface area contributed by atoms with Crippen LogP contribution in [0.3, 0.4) is 0 Å². The maximum atomic E-state index is 13.5. The average Bonchev–Trinajstić information content (AvgIpc) is 3.19. The lowest BCUT2D eigenvalue weighted by atomic mass is 10.0. The molecule has 0 atom stereocenters. The molecule has 0 N–H and O–H groups in total. The molecule has 180 valence electrons. The molecule has 0 spiro atoms. The van der Waals surface area contributed by atoms with Crippen LogP contribution in [-0.4, -0.2) is 26.1 Å². The van der Waals surface area contributed by atoms with Gasteiger partial charge in [-0.1, -0.05) is 84.9 Å². The molecule has 0 aliphatic carbocycles. The predicted molar refractivity (Wildman–Crippen MR) is 146 cm³/mol. The first kappa shape index (κ1) is 23.7. The van der Waals surface area contributed by atoms with Crippen molar-refractivity contribution in [3.05, 3.63) is 106 Å². The Hall–Kier alpha value is -4.04. The van der Waals surface area contributed by atoms with E-state index >= 15 is 0 Å². The Bertz CT molecular complexity index is 1550. The van der Waals surface area contributed by atoms with Crippen LogP contribution in [0.25, 0.3) is 17.0 Å². The fourth-order valence-corrected chi connectivity index (χ4v) is 4.76. The molecule has 2 heterocycles. The minimum Gasteiger partial charge on any atom is -0.267 e. The highest BCUT2D eigenvalue weighted by atomic mass is 32.2. The zero-order valence-corrected chi connectivity index (χ0v) is 21.1. The van der Waals surface area contributed by atoms with Crippen LogP contribution in [0.1, 0.15) is 36.5 Å². The fraction of sp³-hybridized carbons (Fsp3) is 0.179. The van der Waals surface area contributed by atoms with Gasteiger partial charge in [-0.2, -0.15) is 4.68 Å². The second kappa shape index (κ2) is 9.91. The van der Waals surface area contributed by atoms with Gasteiger partial charge in [0.05, 0.1) is 17.0 Å². The summed E-state index contributed by atoms with van der Waals surface area (Å²) in [7, 11) is 0. The number of fused-ring (bicyclic) bond motifs is 1. The molecule has 0 unspecified atom stereocenters. The SMILES string of the molecule is Cc1ccc(N2C(=O)/C(=C/c3ccc(C(C)C)cc3)N=C2SCn2nnc3ccccc3c2=O)cc1. The molecule has 8 heteroatoms. The van der Waals surface area contributed by atoms with Crippen molar-refractivity contribution < 1.29 is 4.79 Å². The largest absolute Gasteiger partial charge is 0.283 e. The second-order valence-corrected chi connectivity index (χ2v) is 9.82. The Balaban J connectivity index is 1.48. The Morgan fingerprint density at radius 2 is 1.67 bits per heavy atom. The van der Waals surface area contributed by atoms with Crippen molar-refractivity contribution in [1.82, 2.24) is 15.0 Å². The number of carbonyl (C=O) groups is 1. The molecule has 0 radical (unpaired) electrons. The van der Waals surface area contributed by atoms with Crippen LogP contribution in [0.4, 0.5) is 5.69 Å². The van der Waals surface area contributed by atoms with E-state index in [-0.39, 0.29) is 17.3 Å². The van der Waals surface area contributed by atoms with E-state index in [1.165, 1.54) is 22.0 Å². The molecule has 3 aromatic carbocycles. The predicted octanol–water partition coefficient (Wildman–Crippen LogP) is 5.36. The van der Waals surface area contributed by atoms with Crippen LogP contribution in [0.5, 0.6) is 0 Å². The van der Waals surface area contributed by atoms with E-state index in [9.17, 15) is 9.59 Å².